The number of nitrogens with zero attached hydrogens (tertiary/aromatic N) is 3. The molecule has 0 amide bonds. The number of aliphatic carboxylic acids is 1. The second kappa shape index (κ2) is 5.72. The molecule has 0 saturated carbocycles. The van der Waals surface area contributed by atoms with Crippen molar-refractivity contribution >= 4 is 17.7 Å². The van der Waals surface area contributed by atoms with Crippen molar-refractivity contribution in [2.45, 2.75) is 31.5 Å². The minimum Gasteiger partial charge on any atom is -0.481 e. The molecule has 0 unspecified atom stereocenters. The molecule has 112 valence electrons. The Kier molecular flexibility index (Phi) is 4.17. The maximum Gasteiger partial charge on any atom is 0.313 e. The smallest absolute Gasteiger partial charge is 0.313 e. The Hall–Kier alpha value is -2.09. The summed E-state index contributed by atoms with van der Waals surface area (Å²) < 4.78 is 1.84. The third-order valence-corrected chi connectivity index (χ3v) is 3.58. The predicted molar refractivity (Wildman–Crippen MR) is 79.4 cm³/mol. The number of nitrogens with one attached hydrogen (secondary N) is 1. The van der Waals surface area contributed by atoms with E-state index in [1.807, 2.05) is 25.3 Å². The van der Waals surface area contributed by atoms with E-state index in [1.54, 1.807) is 12.3 Å². The molecule has 0 spiro atoms. The lowest BCUT2D eigenvalue weighted by Crippen LogP contribution is -2.24. The van der Waals surface area contributed by atoms with Gasteiger partial charge in [-0.25, -0.2) is 0 Å². The summed E-state index contributed by atoms with van der Waals surface area (Å²) in [6, 6.07) is 3.18. The molecule has 0 aromatic carbocycles. The minimum atomic E-state index is -0.916. The fourth-order valence-electron chi connectivity index (χ4n) is 1.87. The first kappa shape index (κ1) is 15.3. The molecular formula is C13H16N4O3S. The number of thioether (sulfide) groups is 1. The highest BCUT2D eigenvalue weighted by Crippen LogP contribution is 2.29. The summed E-state index contributed by atoms with van der Waals surface area (Å²) in [4.78, 5) is 24.7. The number of carboxylic acids is 1. The van der Waals surface area contributed by atoms with Crippen LogP contribution in [-0.2, 0) is 10.3 Å². The third kappa shape index (κ3) is 3.52. The summed E-state index contributed by atoms with van der Waals surface area (Å²) in [7, 11) is 0. The first-order chi connectivity index (χ1) is 9.79. The van der Waals surface area contributed by atoms with Crippen LogP contribution in [0.25, 0.3) is 11.4 Å². The largest absolute Gasteiger partial charge is 0.481 e. The summed E-state index contributed by atoms with van der Waals surface area (Å²) in [6.45, 7) is 5.91. The van der Waals surface area contributed by atoms with Gasteiger partial charge in [0.15, 0.2) is 11.0 Å². The van der Waals surface area contributed by atoms with E-state index in [2.05, 4.69) is 15.2 Å². The van der Waals surface area contributed by atoms with Gasteiger partial charge in [0.2, 0.25) is 5.56 Å². The molecule has 0 fully saturated rings. The maximum atomic E-state index is 11.5. The van der Waals surface area contributed by atoms with Gasteiger partial charge in [-0.05, 0) is 26.8 Å². The van der Waals surface area contributed by atoms with Crippen LogP contribution in [0.5, 0.6) is 0 Å². The van der Waals surface area contributed by atoms with E-state index < -0.39 is 5.97 Å². The summed E-state index contributed by atoms with van der Waals surface area (Å²) >= 11 is 1.11. The molecular weight excluding hydrogens is 292 g/mol. The highest BCUT2D eigenvalue weighted by molar-refractivity contribution is 7.99. The topological polar surface area (TPSA) is 101 Å². The van der Waals surface area contributed by atoms with Crippen LogP contribution < -0.4 is 5.56 Å². The molecule has 0 aliphatic rings. The number of aromatic amines is 1. The van der Waals surface area contributed by atoms with Crippen LogP contribution in [-0.4, -0.2) is 36.6 Å². The average Bonchev–Trinajstić information content (AvgIpc) is 2.80. The van der Waals surface area contributed by atoms with Crippen molar-refractivity contribution in [1.82, 2.24) is 19.7 Å². The quantitative estimate of drug-likeness (QED) is 0.831. The first-order valence-corrected chi connectivity index (χ1v) is 7.27. The summed E-state index contributed by atoms with van der Waals surface area (Å²) in [6.07, 6.45) is 1.55. The van der Waals surface area contributed by atoms with Gasteiger partial charge in [-0.1, -0.05) is 11.8 Å². The number of aromatic nitrogens is 4. The number of hydrogen-bond donors (Lipinski definition) is 2. The van der Waals surface area contributed by atoms with Crippen LogP contribution in [0.2, 0.25) is 0 Å². The zero-order valence-electron chi connectivity index (χ0n) is 12.0. The van der Waals surface area contributed by atoms with Gasteiger partial charge < -0.3 is 10.1 Å². The second-order valence-electron chi connectivity index (χ2n) is 5.44. The maximum absolute atomic E-state index is 11.5. The monoisotopic (exact) mass is 308 g/mol. The highest BCUT2D eigenvalue weighted by Gasteiger charge is 2.24. The lowest BCUT2D eigenvalue weighted by molar-refractivity contribution is -0.133. The van der Waals surface area contributed by atoms with Crippen LogP contribution in [0.1, 0.15) is 20.8 Å². The van der Waals surface area contributed by atoms with Gasteiger partial charge in [-0.3, -0.25) is 14.2 Å². The van der Waals surface area contributed by atoms with Crippen molar-refractivity contribution < 1.29 is 9.90 Å². The summed E-state index contributed by atoms with van der Waals surface area (Å²) in [5, 5.41) is 17.5. The summed E-state index contributed by atoms with van der Waals surface area (Å²) in [5.41, 5.74) is 0.0708. The zero-order chi connectivity index (χ0) is 15.6. The van der Waals surface area contributed by atoms with E-state index in [0.717, 1.165) is 11.8 Å². The van der Waals surface area contributed by atoms with Crippen molar-refractivity contribution in [3.05, 3.63) is 28.7 Å². The molecule has 2 aromatic rings. The lowest BCUT2D eigenvalue weighted by Gasteiger charge is -2.24. The zero-order valence-corrected chi connectivity index (χ0v) is 12.8. The van der Waals surface area contributed by atoms with Crippen molar-refractivity contribution in [1.29, 1.82) is 0 Å². The van der Waals surface area contributed by atoms with E-state index in [1.165, 1.54) is 6.07 Å². The Labute approximate surface area is 125 Å². The number of carboxylic acid groups (broad SMARTS) is 1. The molecule has 0 atom stereocenters. The van der Waals surface area contributed by atoms with Gasteiger partial charge in [0, 0.05) is 23.4 Å². The molecule has 0 aliphatic carbocycles. The SMILES string of the molecule is CC(C)(C)n1c(SCC(=O)O)nnc1-c1cc[nH]c(=O)c1. The van der Waals surface area contributed by atoms with Gasteiger partial charge in [-0.2, -0.15) is 0 Å². The number of rotatable bonds is 4. The standard InChI is InChI=1S/C13H16N4O3S/c1-13(2,3)17-11(8-4-5-14-9(18)6-8)15-16-12(17)21-7-10(19)20/h4-6H,7H2,1-3H3,(H,14,18)(H,19,20). The van der Waals surface area contributed by atoms with E-state index >= 15 is 0 Å². The van der Waals surface area contributed by atoms with E-state index in [4.69, 9.17) is 5.11 Å². The van der Waals surface area contributed by atoms with Gasteiger partial charge >= 0.3 is 5.97 Å². The molecule has 7 nitrogen and oxygen atoms in total. The number of pyridine rings is 1. The Bertz CT molecular complexity index is 715. The Morgan fingerprint density at radius 3 is 2.71 bits per heavy atom. The molecule has 2 heterocycles. The molecule has 0 bridgehead atoms. The number of carbonyl (C=O) groups is 1. The Balaban J connectivity index is 2.52. The fourth-order valence-corrected chi connectivity index (χ4v) is 2.71. The van der Waals surface area contributed by atoms with Gasteiger partial charge in [0.25, 0.3) is 0 Å². The van der Waals surface area contributed by atoms with Crippen LogP contribution >= 0.6 is 11.8 Å². The number of hydrogen-bond acceptors (Lipinski definition) is 5. The molecule has 0 aliphatic heterocycles. The Morgan fingerprint density at radius 2 is 2.14 bits per heavy atom. The molecule has 2 N–H and O–H groups in total. The van der Waals surface area contributed by atoms with E-state index in [0.29, 0.717) is 16.5 Å². The molecule has 2 aromatic heterocycles. The lowest BCUT2D eigenvalue weighted by atomic mass is 10.1. The molecule has 21 heavy (non-hydrogen) atoms. The normalized spacial score (nSPS) is 11.6. The summed E-state index contributed by atoms with van der Waals surface area (Å²) in [5.74, 6) is -0.466. The second-order valence-corrected chi connectivity index (χ2v) is 6.38. The van der Waals surface area contributed by atoms with Gasteiger partial charge in [-0.15, -0.1) is 10.2 Å². The fraction of sp³-hybridized carbons (Fsp3) is 0.385. The molecule has 8 heteroatoms. The highest BCUT2D eigenvalue weighted by atomic mass is 32.2. The van der Waals surface area contributed by atoms with Crippen LogP contribution in [0.3, 0.4) is 0 Å². The van der Waals surface area contributed by atoms with Crippen molar-refractivity contribution in [3.8, 4) is 11.4 Å². The average molecular weight is 308 g/mol. The van der Waals surface area contributed by atoms with Gasteiger partial charge in [0.05, 0.1) is 5.75 Å². The third-order valence-electron chi connectivity index (χ3n) is 2.66. The van der Waals surface area contributed by atoms with Crippen molar-refractivity contribution in [3.63, 3.8) is 0 Å². The molecule has 0 radical (unpaired) electrons. The predicted octanol–water partition coefficient (Wildman–Crippen LogP) is 1.57. The first-order valence-electron chi connectivity index (χ1n) is 6.28. The molecule has 2 rings (SSSR count). The van der Waals surface area contributed by atoms with Crippen molar-refractivity contribution in [2.24, 2.45) is 0 Å². The van der Waals surface area contributed by atoms with Crippen molar-refractivity contribution in [2.75, 3.05) is 5.75 Å². The van der Waals surface area contributed by atoms with E-state index in [9.17, 15) is 9.59 Å². The van der Waals surface area contributed by atoms with Gasteiger partial charge in [0.1, 0.15) is 0 Å². The Morgan fingerprint density at radius 1 is 1.43 bits per heavy atom. The van der Waals surface area contributed by atoms with E-state index in [-0.39, 0.29) is 16.9 Å². The molecule has 0 saturated heterocycles. The number of H-pyrrole nitrogens is 1. The minimum absolute atomic E-state index is 0.0937. The van der Waals surface area contributed by atoms with Crippen LogP contribution in [0.15, 0.2) is 28.3 Å². The van der Waals surface area contributed by atoms with Crippen LogP contribution in [0, 0.1) is 0 Å². The van der Waals surface area contributed by atoms with Crippen LogP contribution in [0.4, 0.5) is 0 Å².